The van der Waals surface area contributed by atoms with Crippen LogP contribution in [-0.4, -0.2) is 38.9 Å². The van der Waals surface area contributed by atoms with Gasteiger partial charge in [-0.3, -0.25) is 4.68 Å². The number of rotatable bonds is 7. The Morgan fingerprint density at radius 3 is 2.86 bits per heavy atom. The van der Waals surface area contributed by atoms with Crippen LogP contribution in [0.25, 0.3) is 11.4 Å². The smallest absolute Gasteiger partial charge is 0.227 e. The van der Waals surface area contributed by atoms with E-state index < -0.39 is 0 Å². The third-order valence-electron chi connectivity index (χ3n) is 2.93. The Morgan fingerprint density at radius 2 is 2.19 bits per heavy atom. The van der Waals surface area contributed by atoms with Crippen LogP contribution < -0.4 is 5.73 Å². The highest BCUT2D eigenvalue weighted by molar-refractivity contribution is 7.98. The van der Waals surface area contributed by atoms with Crippen molar-refractivity contribution < 1.29 is 9.26 Å². The second-order valence-electron chi connectivity index (χ2n) is 4.93. The van der Waals surface area contributed by atoms with Crippen molar-refractivity contribution in [2.45, 2.75) is 37.8 Å². The zero-order chi connectivity index (χ0) is 15.4. The molecular formula is C13H21N5O2S. The lowest BCUT2D eigenvalue weighted by Gasteiger charge is -2.05. The van der Waals surface area contributed by atoms with E-state index >= 15 is 0 Å². The summed E-state index contributed by atoms with van der Waals surface area (Å²) in [4.78, 5) is 4.40. The monoisotopic (exact) mass is 311 g/mol. The first-order chi connectivity index (χ1) is 10.0. The Balaban J connectivity index is 2.06. The van der Waals surface area contributed by atoms with Crippen LogP contribution in [0.5, 0.6) is 0 Å². The fourth-order valence-corrected chi connectivity index (χ4v) is 2.47. The zero-order valence-corrected chi connectivity index (χ0v) is 13.6. The molecule has 0 aromatic carbocycles. The number of hydrogen-bond donors (Lipinski definition) is 1. The van der Waals surface area contributed by atoms with Crippen LogP contribution in [-0.2, 0) is 18.2 Å². The fraction of sp³-hybridized carbons (Fsp3) is 0.615. The SMILES string of the molecule is CSc1nn(C)c(N)c1-c1noc(CCCOC(C)C)n1. The summed E-state index contributed by atoms with van der Waals surface area (Å²) in [6, 6.07) is 0. The van der Waals surface area contributed by atoms with Crippen LogP contribution in [0.2, 0.25) is 0 Å². The van der Waals surface area contributed by atoms with Crippen LogP contribution >= 0.6 is 11.8 Å². The summed E-state index contributed by atoms with van der Waals surface area (Å²) in [5, 5.41) is 9.13. The number of hydrogen-bond acceptors (Lipinski definition) is 7. The van der Waals surface area contributed by atoms with Gasteiger partial charge < -0.3 is 15.0 Å². The van der Waals surface area contributed by atoms with E-state index in [2.05, 4.69) is 15.2 Å². The van der Waals surface area contributed by atoms with Crippen LogP contribution in [0.3, 0.4) is 0 Å². The molecule has 0 aliphatic heterocycles. The molecule has 0 amide bonds. The maximum atomic E-state index is 6.02. The summed E-state index contributed by atoms with van der Waals surface area (Å²) in [5.74, 6) is 1.62. The third kappa shape index (κ3) is 3.76. The van der Waals surface area contributed by atoms with Gasteiger partial charge in [0.1, 0.15) is 10.8 Å². The van der Waals surface area contributed by atoms with Gasteiger partial charge in [0.25, 0.3) is 0 Å². The number of nitrogen functional groups attached to an aromatic ring is 1. The van der Waals surface area contributed by atoms with Crippen LogP contribution in [0, 0.1) is 0 Å². The van der Waals surface area contributed by atoms with Crippen molar-refractivity contribution in [2.75, 3.05) is 18.6 Å². The van der Waals surface area contributed by atoms with Gasteiger partial charge in [-0.05, 0) is 26.5 Å². The molecule has 0 radical (unpaired) electrons. The number of nitrogens with two attached hydrogens (primary N) is 1. The molecular weight excluding hydrogens is 290 g/mol. The van der Waals surface area contributed by atoms with E-state index in [1.807, 2.05) is 20.1 Å². The number of ether oxygens (including phenoxy) is 1. The average molecular weight is 311 g/mol. The van der Waals surface area contributed by atoms with E-state index in [4.69, 9.17) is 15.0 Å². The minimum Gasteiger partial charge on any atom is -0.383 e. The molecule has 116 valence electrons. The highest BCUT2D eigenvalue weighted by Crippen LogP contribution is 2.32. The molecule has 0 fully saturated rings. The number of aromatic nitrogens is 4. The van der Waals surface area contributed by atoms with Gasteiger partial charge in [-0.15, -0.1) is 11.8 Å². The molecule has 2 aromatic heterocycles. The predicted molar refractivity (Wildman–Crippen MR) is 82.1 cm³/mol. The summed E-state index contributed by atoms with van der Waals surface area (Å²) in [6.07, 6.45) is 3.71. The van der Waals surface area contributed by atoms with E-state index in [1.165, 1.54) is 11.8 Å². The summed E-state index contributed by atoms with van der Waals surface area (Å²) in [6.45, 7) is 4.71. The van der Waals surface area contributed by atoms with Crippen molar-refractivity contribution in [3.63, 3.8) is 0 Å². The molecule has 0 aliphatic carbocycles. The van der Waals surface area contributed by atoms with E-state index in [-0.39, 0.29) is 6.10 Å². The van der Waals surface area contributed by atoms with E-state index in [0.29, 0.717) is 30.6 Å². The Bertz CT molecular complexity index is 593. The Kier molecular flexibility index (Phi) is 5.24. The van der Waals surface area contributed by atoms with Crippen LogP contribution in [0.4, 0.5) is 5.82 Å². The minimum atomic E-state index is 0.238. The second kappa shape index (κ2) is 6.95. The van der Waals surface area contributed by atoms with Gasteiger partial charge in [0.2, 0.25) is 11.7 Å². The number of anilines is 1. The molecule has 0 saturated carbocycles. The maximum Gasteiger partial charge on any atom is 0.227 e. The zero-order valence-electron chi connectivity index (χ0n) is 12.8. The molecule has 0 spiro atoms. The summed E-state index contributed by atoms with van der Waals surface area (Å²) in [7, 11) is 1.79. The second-order valence-corrected chi connectivity index (χ2v) is 5.72. The molecule has 0 atom stereocenters. The summed E-state index contributed by atoms with van der Waals surface area (Å²) < 4.78 is 12.4. The van der Waals surface area contributed by atoms with Crippen molar-refractivity contribution in [3.05, 3.63) is 5.89 Å². The topological polar surface area (TPSA) is 92.0 Å². The number of thioether (sulfide) groups is 1. The van der Waals surface area contributed by atoms with Gasteiger partial charge in [0, 0.05) is 20.1 Å². The molecule has 2 heterocycles. The molecule has 21 heavy (non-hydrogen) atoms. The molecule has 0 saturated heterocycles. The maximum absolute atomic E-state index is 6.02. The third-order valence-corrected chi connectivity index (χ3v) is 3.60. The predicted octanol–water partition coefficient (Wildman–Crippen LogP) is 2.13. The van der Waals surface area contributed by atoms with E-state index in [0.717, 1.165) is 17.0 Å². The standard InChI is InChI=1S/C13H21N5O2S/c1-8(2)19-7-5-6-9-15-12(17-20-9)10-11(14)18(3)16-13(10)21-4/h8H,5-7,14H2,1-4H3. The van der Waals surface area contributed by atoms with Gasteiger partial charge in [-0.1, -0.05) is 5.16 Å². The molecule has 0 unspecified atom stereocenters. The van der Waals surface area contributed by atoms with Crippen molar-refractivity contribution in [3.8, 4) is 11.4 Å². The molecule has 2 N–H and O–H groups in total. The quantitative estimate of drug-likeness (QED) is 0.618. The highest BCUT2D eigenvalue weighted by atomic mass is 32.2. The van der Waals surface area contributed by atoms with Gasteiger partial charge in [-0.25, -0.2) is 0 Å². The van der Waals surface area contributed by atoms with Crippen molar-refractivity contribution in [2.24, 2.45) is 7.05 Å². The first-order valence-electron chi connectivity index (χ1n) is 6.84. The van der Waals surface area contributed by atoms with E-state index in [9.17, 15) is 0 Å². The lowest BCUT2D eigenvalue weighted by molar-refractivity contribution is 0.0761. The van der Waals surface area contributed by atoms with Crippen LogP contribution in [0.1, 0.15) is 26.2 Å². The lowest BCUT2D eigenvalue weighted by atomic mass is 10.3. The Morgan fingerprint density at radius 1 is 1.43 bits per heavy atom. The molecule has 2 rings (SSSR count). The Hall–Kier alpha value is -1.54. The normalized spacial score (nSPS) is 11.5. The number of aryl methyl sites for hydroxylation is 2. The van der Waals surface area contributed by atoms with Gasteiger partial charge >= 0.3 is 0 Å². The first-order valence-corrected chi connectivity index (χ1v) is 8.06. The van der Waals surface area contributed by atoms with Crippen LogP contribution in [0.15, 0.2) is 9.55 Å². The van der Waals surface area contributed by atoms with Crippen molar-refractivity contribution in [1.29, 1.82) is 0 Å². The molecule has 0 bridgehead atoms. The molecule has 2 aromatic rings. The van der Waals surface area contributed by atoms with E-state index in [1.54, 1.807) is 11.7 Å². The summed E-state index contributed by atoms with van der Waals surface area (Å²) in [5.41, 5.74) is 6.76. The lowest BCUT2D eigenvalue weighted by Crippen LogP contribution is -2.04. The number of nitrogens with zero attached hydrogens (tertiary/aromatic N) is 4. The van der Waals surface area contributed by atoms with Gasteiger partial charge in [0.05, 0.1) is 11.7 Å². The molecule has 8 heteroatoms. The molecule has 0 aliphatic rings. The largest absolute Gasteiger partial charge is 0.383 e. The van der Waals surface area contributed by atoms with Crippen molar-refractivity contribution in [1.82, 2.24) is 19.9 Å². The van der Waals surface area contributed by atoms with Gasteiger partial charge in [0.15, 0.2) is 0 Å². The Labute approximate surface area is 128 Å². The highest BCUT2D eigenvalue weighted by Gasteiger charge is 2.20. The summed E-state index contributed by atoms with van der Waals surface area (Å²) >= 11 is 1.51. The van der Waals surface area contributed by atoms with Gasteiger partial charge in [-0.2, -0.15) is 10.1 Å². The average Bonchev–Trinajstić information content (AvgIpc) is 3.00. The minimum absolute atomic E-state index is 0.238. The molecule has 7 nitrogen and oxygen atoms in total. The first kappa shape index (κ1) is 15.8. The fourth-order valence-electron chi connectivity index (χ4n) is 1.86. The van der Waals surface area contributed by atoms with Crippen molar-refractivity contribution >= 4 is 17.6 Å².